The molecule has 0 aromatic heterocycles. The number of esters is 1. The summed E-state index contributed by atoms with van der Waals surface area (Å²) < 4.78 is 4.61. The van der Waals surface area contributed by atoms with Crippen LogP contribution in [0.15, 0.2) is 0 Å². The molecule has 2 atom stereocenters. The standard InChI is InChI=1S/C8H16N2O2/c1-5-7(4-8(11)12-3)6(2)10-9-5/h5-7,9-10H,4H2,1-3H3. The lowest BCUT2D eigenvalue weighted by molar-refractivity contribution is -0.141. The van der Waals surface area contributed by atoms with Crippen LogP contribution in [0.2, 0.25) is 0 Å². The van der Waals surface area contributed by atoms with Gasteiger partial charge in [-0.3, -0.25) is 15.6 Å². The van der Waals surface area contributed by atoms with E-state index in [0.29, 0.717) is 24.4 Å². The Balaban J connectivity index is 2.44. The molecule has 1 saturated heterocycles. The number of carbonyl (C=O) groups is 1. The van der Waals surface area contributed by atoms with Crippen molar-refractivity contribution < 1.29 is 9.53 Å². The van der Waals surface area contributed by atoms with Gasteiger partial charge in [-0.25, -0.2) is 0 Å². The minimum atomic E-state index is -0.135. The first-order valence-corrected chi connectivity index (χ1v) is 4.23. The average molecular weight is 172 g/mol. The molecule has 4 heteroatoms. The lowest BCUT2D eigenvalue weighted by atomic mass is 9.93. The fraction of sp³-hybridized carbons (Fsp3) is 0.875. The number of nitrogens with one attached hydrogen (secondary N) is 2. The first kappa shape index (κ1) is 9.48. The molecule has 1 heterocycles. The highest BCUT2D eigenvalue weighted by Gasteiger charge is 2.31. The van der Waals surface area contributed by atoms with Crippen LogP contribution in [-0.4, -0.2) is 25.2 Å². The van der Waals surface area contributed by atoms with E-state index in [4.69, 9.17) is 0 Å². The van der Waals surface area contributed by atoms with Crippen LogP contribution in [0.4, 0.5) is 0 Å². The maximum Gasteiger partial charge on any atom is 0.305 e. The van der Waals surface area contributed by atoms with E-state index in [1.807, 2.05) is 0 Å². The highest BCUT2D eigenvalue weighted by molar-refractivity contribution is 5.69. The third-order valence-electron chi connectivity index (χ3n) is 2.45. The van der Waals surface area contributed by atoms with Gasteiger partial charge >= 0.3 is 5.97 Å². The van der Waals surface area contributed by atoms with Crippen molar-refractivity contribution in [3.8, 4) is 0 Å². The monoisotopic (exact) mass is 172 g/mol. The molecule has 70 valence electrons. The molecule has 4 nitrogen and oxygen atoms in total. The summed E-state index contributed by atoms with van der Waals surface area (Å²) in [5, 5.41) is 0. The Labute approximate surface area is 72.6 Å². The Kier molecular flexibility index (Phi) is 3.05. The van der Waals surface area contributed by atoms with Crippen LogP contribution in [0.1, 0.15) is 20.3 Å². The van der Waals surface area contributed by atoms with E-state index < -0.39 is 0 Å². The topological polar surface area (TPSA) is 50.4 Å². The first-order valence-electron chi connectivity index (χ1n) is 4.23. The molecule has 0 aliphatic carbocycles. The lowest BCUT2D eigenvalue weighted by Gasteiger charge is -2.15. The molecule has 0 spiro atoms. The number of methoxy groups -OCH3 is 1. The zero-order valence-electron chi connectivity index (χ0n) is 7.76. The van der Waals surface area contributed by atoms with Crippen LogP contribution < -0.4 is 10.9 Å². The van der Waals surface area contributed by atoms with Crippen LogP contribution in [0.25, 0.3) is 0 Å². The van der Waals surface area contributed by atoms with Gasteiger partial charge in [-0.2, -0.15) is 0 Å². The van der Waals surface area contributed by atoms with Crippen LogP contribution in [-0.2, 0) is 9.53 Å². The van der Waals surface area contributed by atoms with Gasteiger partial charge in [0.15, 0.2) is 0 Å². The number of hydrogen-bond acceptors (Lipinski definition) is 4. The Hall–Kier alpha value is -0.610. The van der Waals surface area contributed by atoms with Crippen LogP contribution in [0.5, 0.6) is 0 Å². The van der Waals surface area contributed by atoms with E-state index in [1.54, 1.807) is 0 Å². The van der Waals surface area contributed by atoms with Crippen LogP contribution in [0.3, 0.4) is 0 Å². The highest BCUT2D eigenvalue weighted by atomic mass is 16.5. The summed E-state index contributed by atoms with van der Waals surface area (Å²) in [5.41, 5.74) is 6.18. The van der Waals surface area contributed by atoms with Gasteiger partial charge in [0.25, 0.3) is 0 Å². The quantitative estimate of drug-likeness (QED) is 0.578. The summed E-state index contributed by atoms with van der Waals surface area (Å²) in [6, 6.07) is 0.665. The molecule has 1 aliphatic heterocycles. The van der Waals surface area contributed by atoms with Crippen LogP contribution >= 0.6 is 0 Å². The lowest BCUT2D eigenvalue weighted by Crippen LogP contribution is -2.30. The van der Waals surface area contributed by atoms with Gasteiger partial charge < -0.3 is 4.74 Å². The third kappa shape index (κ3) is 1.95. The van der Waals surface area contributed by atoms with Crippen LogP contribution in [0, 0.1) is 5.92 Å². The molecule has 2 unspecified atom stereocenters. The van der Waals surface area contributed by atoms with E-state index in [0.717, 1.165) is 0 Å². The van der Waals surface area contributed by atoms with E-state index in [9.17, 15) is 4.79 Å². The van der Waals surface area contributed by atoms with E-state index >= 15 is 0 Å². The Morgan fingerprint density at radius 2 is 1.83 bits per heavy atom. The molecular weight excluding hydrogens is 156 g/mol. The number of carbonyl (C=O) groups excluding carboxylic acids is 1. The van der Waals surface area contributed by atoms with Crippen molar-refractivity contribution >= 4 is 5.97 Å². The number of hydrogen-bond donors (Lipinski definition) is 2. The van der Waals surface area contributed by atoms with Crippen molar-refractivity contribution in [2.75, 3.05) is 7.11 Å². The zero-order valence-corrected chi connectivity index (χ0v) is 7.76. The summed E-state index contributed by atoms with van der Waals surface area (Å²) >= 11 is 0. The minimum absolute atomic E-state index is 0.135. The molecule has 0 bridgehead atoms. The number of rotatable bonds is 2. The molecule has 1 fully saturated rings. The summed E-state index contributed by atoms with van der Waals surface area (Å²) in [4.78, 5) is 11.0. The summed E-state index contributed by atoms with van der Waals surface area (Å²) in [6.07, 6.45) is 0.485. The average Bonchev–Trinajstić information content (AvgIpc) is 2.35. The first-order chi connectivity index (χ1) is 5.65. The maximum atomic E-state index is 11.0. The molecule has 0 aromatic rings. The maximum absolute atomic E-state index is 11.0. The van der Waals surface area contributed by atoms with Crippen molar-refractivity contribution in [3.63, 3.8) is 0 Å². The number of hydrazine groups is 1. The molecule has 12 heavy (non-hydrogen) atoms. The van der Waals surface area contributed by atoms with Crippen molar-refractivity contribution in [1.29, 1.82) is 0 Å². The minimum Gasteiger partial charge on any atom is -0.469 e. The Bertz CT molecular complexity index is 162. The SMILES string of the molecule is COC(=O)CC1C(C)NNC1C. The summed E-state index contributed by atoms with van der Waals surface area (Å²) in [5.74, 6) is 0.196. The van der Waals surface area contributed by atoms with E-state index in [2.05, 4.69) is 29.4 Å². The number of ether oxygens (including phenoxy) is 1. The van der Waals surface area contributed by atoms with Gasteiger partial charge in [-0.1, -0.05) is 0 Å². The smallest absolute Gasteiger partial charge is 0.305 e. The zero-order chi connectivity index (χ0) is 9.14. The molecule has 0 aromatic carbocycles. The fourth-order valence-electron chi connectivity index (χ4n) is 1.54. The molecule has 0 amide bonds. The predicted molar refractivity (Wildman–Crippen MR) is 45.3 cm³/mol. The Morgan fingerprint density at radius 1 is 1.33 bits per heavy atom. The molecular formula is C8H16N2O2. The van der Waals surface area contributed by atoms with E-state index in [-0.39, 0.29) is 5.97 Å². The third-order valence-corrected chi connectivity index (χ3v) is 2.45. The van der Waals surface area contributed by atoms with Gasteiger partial charge in [0.05, 0.1) is 13.5 Å². The van der Waals surface area contributed by atoms with Gasteiger partial charge in [-0.05, 0) is 13.8 Å². The van der Waals surface area contributed by atoms with Gasteiger partial charge in [0.1, 0.15) is 0 Å². The molecule has 2 N–H and O–H groups in total. The normalized spacial score (nSPS) is 35.1. The van der Waals surface area contributed by atoms with E-state index in [1.165, 1.54) is 7.11 Å². The van der Waals surface area contributed by atoms with Gasteiger partial charge in [-0.15, -0.1) is 0 Å². The molecule has 0 radical (unpaired) electrons. The second kappa shape index (κ2) is 3.87. The summed E-state index contributed by atoms with van der Waals surface area (Å²) in [7, 11) is 1.42. The molecule has 1 rings (SSSR count). The second-order valence-electron chi connectivity index (χ2n) is 3.31. The highest BCUT2D eigenvalue weighted by Crippen LogP contribution is 2.18. The molecule has 1 aliphatic rings. The van der Waals surface area contributed by atoms with Crippen molar-refractivity contribution in [2.45, 2.75) is 32.4 Å². The van der Waals surface area contributed by atoms with Gasteiger partial charge in [0, 0.05) is 18.0 Å². The van der Waals surface area contributed by atoms with Gasteiger partial charge in [0.2, 0.25) is 0 Å². The molecule has 0 saturated carbocycles. The predicted octanol–water partition coefficient (Wildman–Crippen LogP) is 0.0505. The van der Waals surface area contributed by atoms with Crippen molar-refractivity contribution in [3.05, 3.63) is 0 Å². The van der Waals surface area contributed by atoms with Crippen molar-refractivity contribution in [2.24, 2.45) is 5.92 Å². The second-order valence-corrected chi connectivity index (χ2v) is 3.31. The summed E-state index contributed by atoms with van der Waals surface area (Å²) in [6.45, 7) is 4.12. The largest absolute Gasteiger partial charge is 0.469 e. The fourth-order valence-corrected chi connectivity index (χ4v) is 1.54. The Morgan fingerprint density at radius 3 is 2.25 bits per heavy atom. The van der Waals surface area contributed by atoms with Crippen molar-refractivity contribution in [1.82, 2.24) is 10.9 Å².